The smallest absolute Gasteiger partial charge is 0.0693 e. The van der Waals surface area contributed by atoms with Gasteiger partial charge in [0.05, 0.1) is 6.10 Å². The molecule has 1 aliphatic rings. The second-order valence-corrected chi connectivity index (χ2v) is 5.96. The van der Waals surface area contributed by atoms with Gasteiger partial charge >= 0.3 is 0 Å². The summed E-state index contributed by atoms with van der Waals surface area (Å²) in [6.07, 6.45) is 0.944. The Morgan fingerprint density at radius 1 is 1.28 bits per heavy atom. The minimum absolute atomic E-state index is 0.159. The zero-order chi connectivity index (χ0) is 13.1. The molecule has 1 aromatic rings. The van der Waals surface area contributed by atoms with Gasteiger partial charge in [-0.25, -0.2) is 0 Å². The quantitative estimate of drug-likeness (QED) is 0.887. The summed E-state index contributed by atoms with van der Waals surface area (Å²) in [5.74, 6) is 1.04. The molecule has 0 aliphatic carbocycles. The maximum atomic E-state index is 9.90. The molecule has 1 aromatic carbocycles. The first-order valence-corrected chi connectivity index (χ1v) is 7.05. The van der Waals surface area contributed by atoms with Gasteiger partial charge in [-0.2, -0.15) is 0 Å². The zero-order valence-corrected chi connectivity index (χ0v) is 11.8. The van der Waals surface area contributed by atoms with Crippen molar-refractivity contribution in [2.45, 2.75) is 45.8 Å². The molecule has 2 unspecified atom stereocenters. The number of likely N-dealkylation sites (tertiary alicyclic amines) is 1. The summed E-state index contributed by atoms with van der Waals surface area (Å²) >= 11 is 0. The predicted octanol–water partition coefficient (Wildman–Crippen LogP) is 3.01. The van der Waals surface area contributed by atoms with E-state index in [1.54, 1.807) is 0 Å². The molecule has 18 heavy (non-hydrogen) atoms. The van der Waals surface area contributed by atoms with E-state index < -0.39 is 0 Å². The van der Waals surface area contributed by atoms with Crippen LogP contribution in [0.1, 0.15) is 44.2 Å². The van der Waals surface area contributed by atoms with Crippen LogP contribution in [0.15, 0.2) is 24.3 Å². The molecule has 2 nitrogen and oxygen atoms in total. The highest BCUT2D eigenvalue weighted by molar-refractivity contribution is 5.24. The summed E-state index contributed by atoms with van der Waals surface area (Å²) in [7, 11) is 0. The molecule has 2 atom stereocenters. The number of β-amino-alcohol motifs (C(OH)–C–C–N with tert-alkyl or cyclic N) is 1. The molecular weight excluding hydrogens is 222 g/mol. The Bertz CT molecular complexity index is 371. The van der Waals surface area contributed by atoms with Crippen LogP contribution in [0.25, 0.3) is 0 Å². The van der Waals surface area contributed by atoms with Crippen molar-refractivity contribution in [3.05, 3.63) is 35.4 Å². The highest BCUT2D eigenvalue weighted by Gasteiger charge is 2.23. The van der Waals surface area contributed by atoms with Gasteiger partial charge in [0.2, 0.25) is 0 Å². The first kappa shape index (κ1) is 13.6. The van der Waals surface area contributed by atoms with E-state index in [9.17, 15) is 5.11 Å². The molecule has 1 saturated heterocycles. The Morgan fingerprint density at radius 3 is 2.50 bits per heavy atom. The lowest BCUT2D eigenvalue weighted by molar-refractivity contribution is 0.0259. The van der Waals surface area contributed by atoms with E-state index in [2.05, 4.69) is 49.9 Å². The van der Waals surface area contributed by atoms with Crippen LogP contribution in [0.2, 0.25) is 0 Å². The first-order chi connectivity index (χ1) is 8.56. The van der Waals surface area contributed by atoms with Gasteiger partial charge in [-0.05, 0) is 35.9 Å². The molecule has 0 amide bonds. The number of hydrogen-bond donors (Lipinski definition) is 1. The second-order valence-electron chi connectivity index (χ2n) is 5.96. The van der Waals surface area contributed by atoms with Crippen molar-refractivity contribution in [3.63, 3.8) is 0 Å². The lowest BCUT2D eigenvalue weighted by atomic mass is 9.95. The highest BCUT2D eigenvalue weighted by atomic mass is 16.3. The van der Waals surface area contributed by atoms with E-state index in [1.165, 1.54) is 11.1 Å². The maximum absolute atomic E-state index is 9.90. The summed E-state index contributed by atoms with van der Waals surface area (Å²) in [5.41, 5.74) is 2.74. The molecule has 0 saturated carbocycles. The van der Waals surface area contributed by atoms with Crippen molar-refractivity contribution < 1.29 is 5.11 Å². The van der Waals surface area contributed by atoms with Crippen molar-refractivity contribution >= 4 is 0 Å². The van der Waals surface area contributed by atoms with Gasteiger partial charge in [0.25, 0.3) is 0 Å². The molecule has 0 spiro atoms. The van der Waals surface area contributed by atoms with Crippen molar-refractivity contribution in [1.29, 1.82) is 0 Å². The Kier molecular flexibility index (Phi) is 4.41. The van der Waals surface area contributed by atoms with Gasteiger partial charge in [-0.1, -0.05) is 45.0 Å². The van der Waals surface area contributed by atoms with E-state index in [0.29, 0.717) is 11.8 Å². The topological polar surface area (TPSA) is 23.5 Å². The van der Waals surface area contributed by atoms with Crippen LogP contribution in [0.4, 0.5) is 0 Å². The van der Waals surface area contributed by atoms with Crippen LogP contribution in [-0.4, -0.2) is 29.2 Å². The number of piperidine rings is 1. The van der Waals surface area contributed by atoms with Gasteiger partial charge < -0.3 is 5.11 Å². The molecule has 100 valence electrons. The Hall–Kier alpha value is -0.860. The minimum Gasteiger partial charge on any atom is -0.392 e. The van der Waals surface area contributed by atoms with Gasteiger partial charge in [0.1, 0.15) is 0 Å². The van der Waals surface area contributed by atoms with Crippen LogP contribution in [0, 0.1) is 5.92 Å². The molecule has 1 fully saturated rings. The van der Waals surface area contributed by atoms with E-state index in [0.717, 1.165) is 26.1 Å². The normalized spacial score (nSPS) is 25.6. The van der Waals surface area contributed by atoms with Gasteiger partial charge in [-0.3, -0.25) is 4.90 Å². The van der Waals surface area contributed by atoms with E-state index in [1.807, 2.05) is 0 Å². The second kappa shape index (κ2) is 5.85. The Labute approximate surface area is 111 Å². The maximum Gasteiger partial charge on any atom is 0.0693 e. The number of aliphatic hydroxyl groups is 1. The molecule has 2 rings (SSSR count). The number of hydrogen-bond acceptors (Lipinski definition) is 2. The number of aliphatic hydroxyl groups excluding tert-OH is 1. The lowest BCUT2D eigenvalue weighted by Crippen LogP contribution is -2.42. The van der Waals surface area contributed by atoms with E-state index in [-0.39, 0.29) is 6.10 Å². The summed E-state index contributed by atoms with van der Waals surface area (Å²) in [4.78, 5) is 2.36. The van der Waals surface area contributed by atoms with Crippen molar-refractivity contribution in [1.82, 2.24) is 4.90 Å². The van der Waals surface area contributed by atoms with Crippen molar-refractivity contribution in [2.24, 2.45) is 5.92 Å². The third-order valence-electron chi connectivity index (χ3n) is 4.06. The van der Waals surface area contributed by atoms with E-state index in [4.69, 9.17) is 0 Å². The summed E-state index contributed by atoms with van der Waals surface area (Å²) < 4.78 is 0. The van der Waals surface area contributed by atoms with E-state index >= 15 is 0 Å². The molecule has 0 radical (unpaired) electrons. The predicted molar refractivity (Wildman–Crippen MR) is 75.6 cm³/mol. The van der Waals surface area contributed by atoms with Crippen LogP contribution in [0.3, 0.4) is 0 Å². The first-order valence-electron chi connectivity index (χ1n) is 7.05. The lowest BCUT2D eigenvalue weighted by Gasteiger charge is -2.34. The SMILES string of the molecule is CC(C)c1ccc(CN2CCC(C)C(O)C2)cc1. The highest BCUT2D eigenvalue weighted by Crippen LogP contribution is 2.20. The van der Waals surface area contributed by atoms with Crippen LogP contribution in [0.5, 0.6) is 0 Å². The van der Waals surface area contributed by atoms with Crippen molar-refractivity contribution in [3.8, 4) is 0 Å². The fraction of sp³-hybridized carbons (Fsp3) is 0.625. The van der Waals surface area contributed by atoms with Crippen LogP contribution < -0.4 is 0 Å². The molecule has 2 heteroatoms. The van der Waals surface area contributed by atoms with Gasteiger partial charge in [0, 0.05) is 13.1 Å². The Morgan fingerprint density at radius 2 is 1.94 bits per heavy atom. The molecule has 1 heterocycles. The number of benzene rings is 1. The fourth-order valence-corrected chi connectivity index (χ4v) is 2.52. The molecule has 0 bridgehead atoms. The number of nitrogens with zero attached hydrogens (tertiary/aromatic N) is 1. The zero-order valence-electron chi connectivity index (χ0n) is 11.8. The summed E-state index contributed by atoms with van der Waals surface area (Å²) in [6.45, 7) is 9.45. The average molecular weight is 247 g/mol. The molecule has 0 aromatic heterocycles. The standard InChI is InChI=1S/C16H25NO/c1-12(2)15-6-4-14(5-7-15)10-17-9-8-13(3)16(18)11-17/h4-7,12-13,16,18H,8-11H2,1-3H3. The minimum atomic E-state index is -0.159. The van der Waals surface area contributed by atoms with Crippen molar-refractivity contribution in [2.75, 3.05) is 13.1 Å². The molecule has 1 aliphatic heterocycles. The van der Waals surface area contributed by atoms with Crippen LogP contribution in [-0.2, 0) is 6.54 Å². The summed E-state index contributed by atoms with van der Waals surface area (Å²) in [5, 5.41) is 9.90. The monoisotopic (exact) mass is 247 g/mol. The van der Waals surface area contributed by atoms with Gasteiger partial charge in [-0.15, -0.1) is 0 Å². The largest absolute Gasteiger partial charge is 0.392 e. The van der Waals surface area contributed by atoms with Crippen LogP contribution >= 0.6 is 0 Å². The molecular formula is C16H25NO. The Balaban J connectivity index is 1.93. The summed E-state index contributed by atoms with van der Waals surface area (Å²) in [6, 6.07) is 8.89. The average Bonchev–Trinajstić information content (AvgIpc) is 2.34. The third kappa shape index (κ3) is 3.33. The third-order valence-corrected chi connectivity index (χ3v) is 4.06. The number of rotatable bonds is 3. The fourth-order valence-electron chi connectivity index (χ4n) is 2.52. The van der Waals surface area contributed by atoms with Gasteiger partial charge in [0.15, 0.2) is 0 Å². The molecule has 1 N–H and O–H groups in total.